The first kappa shape index (κ1) is 14.0. The van der Waals surface area contributed by atoms with Crippen LogP contribution in [0.4, 0.5) is 13.2 Å². The van der Waals surface area contributed by atoms with E-state index in [4.69, 9.17) is 0 Å². The molecular weight excluding hydrogens is 207 g/mol. The van der Waals surface area contributed by atoms with Crippen molar-refractivity contribution in [2.75, 3.05) is 6.61 Å². The molecule has 0 aromatic heterocycles. The Hall–Kier alpha value is -1.00. The maximum atomic E-state index is 11.6. The van der Waals surface area contributed by atoms with Crippen LogP contribution < -0.4 is 0 Å². The van der Waals surface area contributed by atoms with Crippen LogP contribution in [0, 0.1) is 5.41 Å². The predicted molar refractivity (Wildman–Crippen MR) is 53.7 cm³/mol. The summed E-state index contributed by atoms with van der Waals surface area (Å²) in [4.78, 5) is 3.63. The molecule has 0 unspecified atom stereocenters. The van der Waals surface area contributed by atoms with Gasteiger partial charge in [0.1, 0.15) is 0 Å². The Labute approximate surface area is 87.8 Å². The van der Waals surface area contributed by atoms with Crippen LogP contribution in [0.2, 0.25) is 0 Å². The average molecular weight is 223 g/mol. The maximum Gasteiger partial charge on any atom is 0.422 e. The Morgan fingerprint density at radius 2 is 1.80 bits per heavy atom. The number of hydrogen-bond donors (Lipinski definition) is 0. The molecule has 5 heteroatoms. The van der Waals surface area contributed by atoms with Crippen LogP contribution >= 0.6 is 0 Å². The molecule has 0 aromatic rings. The number of allylic oxidation sites excluding steroid dienone is 1. The zero-order valence-electron chi connectivity index (χ0n) is 9.35. The number of aliphatic imine (C=N–C) groups is 1. The second-order valence-electron chi connectivity index (χ2n) is 4.24. The lowest BCUT2D eigenvalue weighted by molar-refractivity contribution is -0.155. The van der Waals surface area contributed by atoms with E-state index < -0.39 is 12.8 Å². The van der Waals surface area contributed by atoms with Crippen LogP contribution in [-0.2, 0) is 4.74 Å². The highest BCUT2D eigenvalue weighted by Crippen LogP contribution is 2.23. The molecule has 0 amide bonds. The maximum absolute atomic E-state index is 11.6. The Morgan fingerprint density at radius 3 is 2.20 bits per heavy atom. The SMILES string of the molecule is C/C(=C\N=COCC(F)(F)F)C(C)(C)C. The number of hydrogen-bond acceptors (Lipinski definition) is 2. The van der Waals surface area contributed by atoms with E-state index in [9.17, 15) is 13.2 Å². The first-order valence-corrected chi connectivity index (χ1v) is 4.50. The molecular formula is C10H16F3NO. The molecule has 0 bridgehead atoms. The molecule has 15 heavy (non-hydrogen) atoms. The van der Waals surface area contributed by atoms with E-state index in [0.717, 1.165) is 12.0 Å². The highest BCUT2D eigenvalue weighted by Gasteiger charge is 2.27. The fraction of sp³-hybridized carbons (Fsp3) is 0.700. The lowest BCUT2D eigenvalue weighted by atomic mass is 9.88. The van der Waals surface area contributed by atoms with Crippen LogP contribution in [0.25, 0.3) is 0 Å². The van der Waals surface area contributed by atoms with Gasteiger partial charge in [-0.25, -0.2) is 4.99 Å². The number of halogens is 3. The number of ether oxygens (including phenoxy) is 1. The van der Waals surface area contributed by atoms with Gasteiger partial charge in [0, 0.05) is 6.20 Å². The minimum absolute atomic E-state index is 0.0403. The zero-order chi connectivity index (χ0) is 12.1. The van der Waals surface area contributed by atoms with Crippen molar-refractivity contribution in [2.24, 2.45) is 10.4 Å². The monoisotopic (exact) mass is 223 g/mol. The van der Waals surface area contributed by atoms with Crippen molar-refractivity contribution in [1.29, 1.82) is 0 Å². The van der Waals surface area contributed by atoms with Gasteiger partial charge in [0.25, 0.3) is 0 Å². The third-order valence-corrected chi connectivity index (χ3v) is 1.83. The van der Waals surface area contributed by atoms with Gasteiger partial charge < -0.3 is 4.74 Å². The molecule has 0 radical (unpaired) electrons. The molecule has 0 aromatic carbocycles. The normalized spacial score (nSPS) is 14.7. The summed E-state index contributed by atoms with van der Waals surface area (Å²) in [5.41, 5.74) is 0.927. The van der Waals surface area contributed by atoms with Crippen LogP contribution in [-0.4, -0.2) is 19.2 Å². The molecule has 0 saturated heterocycles. The van der Waals surface area contributed by atoms with Gasteiger partial charge in [-0.2, -0.15) is 13.2 Å². The van der Waals surface area contributed by atoms with E-state index in [0.29, 0.717) is 0 Å². The summed E-state index contributed by atoms with van der Waals surface area (Å²) in [6.07, 6.45) is -2.01. The van der Waals surface area contributed by atoms with E-state index in [1.54, 1.807) is 0 Å². The molecule has 0 atom stereocenters. The van der Waals surface area contributed by atoms with Gasteiger partial charge in [-0.3, -0.25) is 0 Å². The minimum atomic E-state index is -4.31. The Morgan fingerprint density at radius 1 is 1.27 bits per heavy atom. The van der Waals surface area contributed by atoms with Gasteiger partial charge >= 0.3 is 6.18 Å². The molecule has 0 N–H and O–H groups in total. The second kappa shape index (κ2) is 5.19. The van der Waals surface area contributed by atoms with Gasteiger partial charge in [0.15, 0.2) is 13.0 Å². The highest BCUT2D eigenvalue weighted by molar-refractivity contribution is 5.47. The lowest BCUT2D eigenvalue weighted by Crippen LogP contribution is -2.16. The largest absolute Gasteiger partial charge is 0.474 e. The highest BCUT2D eigenvalue weighted by atomic mass is 19.4. The Balaban J connectivity index is 4.01. The summed E-state index contributed by atoms with van der Waals surface area (Å²) >= 11 is 0. The fourth-order valence-corrected chi connectivity index (χ4v) is 0.511. The van der Waals surface area contributed by atoms with Gasteiger partial charge in [0.2, 0.25) is 0 Å². The average Bonchev–Trinajstić information content (AvgIpc) is 1.99. The molecule has 0 heterocycles. The predicted octanol–water partition coefficient (Wildman–Crippen LogP) is 3.54. The van der Waals surface area contributed by atoms with E-state index in [2.05, 4.69) is 9.73 Å². The first-order valence-electron chi connectivity index (χ1n) is 4.50. The van der Waals surface area contributed by atoms with Crippen molar-refractivity contribution >= 4 is 6.40 Å². The molecule has 0 saturated carbocycles. The van der Waals surface area contributed by atoms with Crippen molar-refractivity contribution in [2.45, 2.75) is 33.9 Å². The summed E-state index contributed by atoms with van der Waals surface area (Å²) in [5.74, 6) is 0. The van der Waals surface area contributed by atoms with Crippen molar-refractivity contribution in [3.8, 4) is 0 Å². The number of nitrogens with zero attached hydrogens (tertiary/aromatic N) is 1. The number of alkyl halides is 3. The van der Waals surface area contributed by atoms with Crippen molar-refractivity contribution < 1.29 is 17.9 Å². The molecule has 0 aliphatic carbocycles. The summed E-state index contributed by atoms with van der Waals surface area (Å²) in [6, 6.07) is 0. The molecule has 88 valence electrons. The molecule has 0 aliphatic rings. The molecule has 0 fully saturated rings. The van der Waals surface area contributed by atoms with Crippen molar-refractivity contribution in [3.05, 3.63) is 11.8 Å². The molecule has 0 aliphatic heterocycles. The third kappa shape index (κ3) is 8.03. The van der Waals surface area contributed by atoms with Gasteiger partial charge in [-0.15, -0.1) is 0 Å². The summed E-state index contributed by atoms with van der Waals surface area (Å²) in [6.45, 7) is 6.53. The molecule has 2 nitrogen and oxygen atoms in total. The van der Waals surface area contributed by atoms with Gasteiger partial charge in [-0.05, 0) is 17.9 Å². The van der Waals surface area contributed by atoms with E-state index >= 15 is 0 Å². The van der Waals surface area contributed by atoms with E-state index in [1.807, 2.05) is 27.7 Å². The van der Waals surface area contributed by atoms with E-state index in [-0.39, 0.29) is 5.41 Å². The number of rotatable bonds is 3. The second-order valence-corrected chi connectivity index (χ2v) is 4.24. The quantitative estimate of drug-likeness (QED) is 0.529. The zero-order valence-corrected chi connectivity index (χ0v) is 9.35. The van der Waals surface area contributed by atoms with Crippen LogP contribution in [0.15, 0.2) is 16.8 Å². The van der Waals surface area contributed by atoms with Crippen LogP contribution in [0.3, 0.4) is 0 Å². The van der Waals surface area contributed by atoms with Crippen LogP contribution in [0.1, 0.15) is 27.7 Å². The standard InChI is InChI=1S/C10H16F3NO/c1-8(9(2,3)4)5-14-7-15-6-10(11,12)13/h5,7H,6H2,1-4H3/b8-5+,14-7?. The van der Waals surface area contributed by atoms with Gasteiger partial charge in [-0.1, -0.05) is 20.8 Å². The van der Waals surface area contributed by atoms with Crippen molar-refractivity contribution in [3.63, 3.8) is 0 Å². The third-order valence-electron chi connectivity index (χ3n) is 1.83. The topological polar surface area (TPSA) is 21.6 Å². The van der Waals surface area contributed by atoms with E-state index in [1.165, 1.54) is 6.20 Å². The van der Waals surface area contributed by atoms with Gasteiger partial charge in [0.05, 0.1) is 0 Å². The van der Waals surface area contributed by atoms with Crippen molar-refractivity contribution in [1.82, 2.24) is 0 Å². The molecule has 0 spiro atoms. The Bertz CT molecular complexity index is 248. The summed E-state index contributed by atoms with van der Waals surface area (Å²) in [5, 5.41) is 0. The summed E-state index contributed by atoms with van der Waals surface area (Å²) < 4.78 is 39.1. The van der Waals surface area contributed by atoms with Crippen LogP contribution in [0.5, 0.6) is 0 Å². The lowest BCUT2D eigenvalue weighted by Gasteiger charge is -2.18. The summed E-state index contributed by atoms with van der Waals surface area (Å²) in [7, 11) is 0. The Kier molecular flexibility index (Phi) is 4.84. The fourth-order valence-electron chi connectivity index (χ4n) is 0.511. The first-order chi connectivity index (χ1) is 6.63. The molecule has 0 rings (SSSR count). The minimum Gasteiger partial charge on any atom is -0.474 e. The smallest absolute Gasteiger partial charge is 0.422 e.